The van der Waals surface area contributed by atoms with Crippen LogP contribution in [0.2, 0.25) is 0 Å². The van der Waals surface area contributed by atoms with Crippen molar-refractivity contribution in [3.8, 4) is 11.5 Å². The number of hydrogen-bond acceptors (Lipinski definition) is 8. The average molecular weight is 452 g/mol. The van der Waals surface area contributed by atoms with Crippen LogP contribution >= 0.6 is 11.3 Å². The van der Waals surface area contributed by atoms with Gasteiger partial charge in [0.25, 0.3) is 0 Å². The Bertz CT molecular complexity index is 1510. The fourth-order valence-electron chi connectivity index (χ4n) is 3.90. The Labute approximate surface area is 192 Å². The van der Waals surface area contributed by atoms with Gasteiger partial charge < -0.3 is 9.73 Å². The predicted molar refractivity (Wildman–Crippen MR) is 128 cm³/mol. The van der Waals surface area contributed by atoms with E-state index in [1.807, 2.05) is 72.8 Å². The molecule has 3 heterocycles. The van der Waals surface area contributed by atoms with Gasteiger partial charge in [0, 0.05) is 23.1 Å². The van der Waals surface area contributed by atoms with E-state index in [0.717, 1.165) is 38.2 Å². The van der Waals surface area contributed by atoms with Crippen LogP contribution in [0.5, 0.6) is 0 Å². The van der Waals surface area contributed by atoms with Crippen molar-refractivity contribution < 1.29 is 9.21 Å². The number of carbonyl (C=O) groups excluding carboxylic acids is 1. The lowest BCUT2D eigenvalue weighted by Crippen LogP contribution is -2.29. The molecule has 8 heteroatoms. The summed E-state index contributed by atoms with van der Waals surface area (Å²) in [6.07, 6.45) is -0.582. The Morgan fingerprint density at radius 3 is 2.70 bits per heavy atom. The number of fused-ring (bicyclic) bond motifs is 2. The highest BCUT2D eigenvalue weighted by molar-refractivity contribution is 7.16. The second-order valence-corrected chi connectivity index (χ2v) is 8.52. The van der Waals surface area contributed by atoms with Gasteiger partial charge in [-0.3, -0.25) is 9.79 Å². The summed E-state index contributed by atoms with van der Waals surface area (Å²) in [6, 6.07) is 23.6. The highest BCUT2D eigenvalue weighted by Gasteiger charge is 2.27. The Balaban J connectivity index is 1.34. The molecule has 5 aromatic rings. The molecule has 0 saturated carbocycles. The molecular weight excluding hydrogens is 434 g/mol. The maximum atomic E-state index is 13.1. The van der Waals surface area contributed by atoms with Gasteiger partial charge in [-0.05, 0) is 23.8 Å². The highest BCUT2D eigenvalue weighted by atomic mass is 32.1. The number of ketones is 1. The number of benzene rings is 3. The molecule has 0 radical (unpaired) electrons. The van der Waals surface area contributed by atoms with Crippen LogP contribution in [0.3, 0.4) is 0 Å². The van der Waals surface area contributed by atoms with Crippen molar-refractivity contribution in [2.45, 2.75) is 12.6 Å². The molecule has 0 unspecified atom stereocenters. The normalized spacial score (nSPS) is 15.7. The Morgan fingerprint density at radius 1 is 0.939 bits per heavy atom. The summed E-state index contributed by atoms with van der Waals surface area (Å²) in [5, 5.41) is 11.3. The average Bonchev–Trinajstić information content (AvgIpc) is 3.49. The van der Waals surface area contributed by atoms with E-state index in [1.54, 1.807) is 16.8 Å². The third-order valence-corrected chi connectivity index (χ3v) is 6.30. The van der Waals surface area contributed by atoms with Crippen LogP contribution in [0, 0.1) is 0 Å². The molecule has 0 amide bonds. The minimum Gasteiger partial charge on any atom is -0.403 e. The van der Waals surface area contributed by atoms with Gasteiger partial charge in [-0.2, -0.15) is 0 Å². The van der Waals surface area contributed by atoms with Crippen LogP contribution in [0.25, 0.3) is 21.7 Å². The molecule has 1 atom stereocenters. The molecule has 0 aliphatic carbocycles. The standard InChI is InChI=1S/C25H17N5O2S/c31-20-12-16-8-4-5-9-18(16)22(15-6-2-1-3-7-15)27-23(20)28-25-30-29-24(32-25)17-10-11-19-21(13-17)33-14-26-19/h1-11,13-14,23H,12H2,(H,28,30)/t23-/m1/s1. The van der Waals surface area contributed by atoms with Gasteiger partial charge in [-0.1, -0.05) is 59.7 Å². The van der Waals surface area contributed by atoms with Crippen molar-refractivity contribution >= 4 is 39.1 Å². The number of aromatic nitrogens is 3. The Hall–Kier alpha value is -4.17. The van der Waals surface area contributed by atoms with E-state index < -0.39 is 6.17 Å². The number of hydrogen-bond donors (Lipinski definition) is 1. The van der Waals surface area contributed by atoms with Crippen molar-refractivity contribution in [1.82, 2.24) is 15.2 Å². The molecular formula is C25H17N5O2S. The van der Waals surface area contributed by atoms with Crippen molar-refractivity contribution in [2.24, 2.45) is 4.99 Å². The van der Waals surface area contributed by atoms with Gasteiger partial charge in [-0.25, -0.2) is 4.98 Å². The zero-order valence-corrected chi connectivity index (χ0v) is 18.1. The van der Waals surface area contributed by atoms with E-state index >= 15 is 0 Å². The second kappa shape index (κ2) is 8.07. The molecule has 0 spiro atoms. The lowest BCUT2D eigenvalue weighted by atomic mass is 9.96. The molecule has 1 aliphatic rings. The summed E-state index contributed by atoms with van der Waals surface area (Å²) in [7, 11) is 0. The van der Waals surface area contributed by atoms with Crippen LogP contribution in [0.1, 0.15) is 16.7 Å². The third-order valence-electron chi connectivity index (χ3n) is 5.51. The summed E-state index contributed by atoms with van der Waals surface area (Å²) in [5.74, 6) is 0.295. The summed E-state index contributed by atoms with van der Waals surface area (Å²) >= 11 is 1.55. The zero-order chi connectivity index (χ0) is 22.2. The number of anilines is 1. The predicted octanol–water partition coefficient (Wildman–Crippen LogP) is 4.75. The maximum Gasteiger partial charge on any atom is 0.317 e. The van der Waals surface area contributed by atoms with Gasteiger partial charge in [0.15, 0.2) is 11.9 Å². The van der Waals surface area contributed by atoms with Crippen LogP contribution in [-0.4, -0.2) is 32.8 Å². The summed E-state index contributed by atoms with van der Waals surface area (Å²) in [6.45, 7) is 0. The van der Waals surface area contributed by atoms with E-state index in [0.29, 0.717) is 5.89 Å². The smallest absolute Gasteiger partial charge is 0.317 e. The first kappa shape index (κ1) is 19.5. The number of carbonyl (C=O) groups is 1. The SMILES string of the molecule is O=C1Cc2ccccc2C(c2ccccc2)=N[C@@H]1Nc1nnc(-c2ccc3ncsc3c2)o1. The van der Waals surface area contributed by atoms with Gasteiger partial charge in [0.2, 0.25) is 5.89 Å². The quantitative estimate of drug-likeness (QED) is 0.424. The molecule has 7 nitrogen and oxygen atoms in total. The van der Waals surface area contributed by atoms with Crippen LogP contribution < -0.4 is 5.32 Å². The second-order valence-electron chi connectivity index (χ2n) is 7.64. The first-order valence-electron chi connectivity index (χ1n) is 10.4. The lowest BCUT2D eigenvalue weighted by molar-refractivity contribution is -0.119. The van der Waals surface area contributed by atoms with Crippen molar-refractivity contribution in [2.75, 3.05) is 5.32 Å². The molecule has 1 aliphatic heterocycles. The van der Waals surface area contributed by atoms with E-state index in [2.05, 4.69) is 20.5 Å². The molecule has 0 saturated heterocycles. The topological polar surface area (TPSA) is 93.3 Å². The molecule has 0 fully saturated rings. The highest BCUT2D eigenvalue weighted by Crippen LogP contribution is 2.27. The van der Waals surface area contributed by atoms with Crippen molar-refractivity contribution in [1.29, 1.82) is 0 Å². The summed E-state index contributed by atoms with van der Waals surface area (Å²) in [4.78, 5) is 22.2. The number of rotatable bonds is 4. The number of Topliss-reactive ketones (excluding diaryl/α,β-unsaturated/α-hetero) is 1. The van der Waals surface area contributed by atoms with E-state index in [4.69, 9.17) is 9.41 Å². The van der Waals surface area contributed by atoms with Crippen molar-refractivity contribution in [3.63, 3.8) is 0 Å². The van der Waals surface area contributed by atoms with E-state index in [9.17, 15) is 4.79 Å². The molecule has 0 bridgehead atoms. The molecule has 1 N–H and O–H groups in total. The van der Waals surface area contributed by atoms with Crippen LogP contribution in [0.15, 0.2) is 87.7 Å². The van der Waals surface area contributed by atoms with E-state index in [-0.39, 0.29) is 18.2 Å². The molecule has 2 aromatic heterocycles. The number of aliphatic imine (C=N–C) groups is 1. The molecule has 6 rings (SSSR count). The maximum absolute atomic E-state index is 13.1. The molecule has 3 aromatic carbocycles. The first-order chi connectivity index (χ1) is 16.2. The number of nitrogens with one attached hydrogen (secondary N) is 1. The van der Waals surface area contributed by atoms with Gasteiger partial charge >= 0.3 is 6.01 Å². The van der Waals surface area contributed by atoms with E-state index in [1.165, 1.54) is 0 Å². The van der Waals surface area contributed by atoms with Crippen LogP contribution in [0.4, 0.5) is 6.01 Å². The largest absolute Gasteiger partial charge is 0.403 e. The Morgan fingerprint density at radius 2 is 1.79 bits per heavy atom. The minimum absolute atomic E-state index is 0.0702. The third kappa shape index (κ3) is 3.70. The fourth-order valence-corrected chi connectivity index (χ4v) is 4.62. The molecule has 33 heavy (non-hydrogen) atoms. The number of thiazole rings is 1. The first-order valence-corrected chi connectivity index (χ1v) is 11.3. The lowest BCUT2D eigenvalue weighted by Gasteiger charge is -2.11. The molecule has 160 valence electrons. The summed E-state index contributed by atoms with van der Waals surface area (Å²) < 4.78 is 6.87. The van der Waals surface area contributed by atoms with Gasteiger partial charge in [0.05, 0.1) is 21.4 Å². The Kier molecular flexibility index (Phi) is 4.77. The van der Waals surface area contributed by atoms with Gasteiger partial charge in [0.1, 0.15) is 0 Å². The van der Waals surface area contributed by atoms with Crippen molar-refractivity contribution in [3.05, 3.63) is 95.0 Å². The van der Waals surface area contributed by atoms with Gasteiger partial charge in [-0.15, -0.1) is 16.4 Å². The minimum atomic E-state index is -0.843. The zero-order valence-electron chi connectivity index (χ0n) is 17.3. The summed E-state index contributed by atoms with van der Waals surface area (Å²) in [5.41, 5.74) is 7.10. The van der Waals surface area contributed by atoms with Crippen LogP contribution in [-0.2, 0) is 11.2 Å². The monoisotopic (exact) mass is 451 g/mol. The fraction of sp³-hybridized carbons (Fsp3) is 0.0800. The number of nitrogens with zero attached hydrogens (tertiary/aromatic N) is 4.